The minimum Gasteiger partial charge on any atom is -0.370 e. The summed E-state index contributed by atoms with van der Waals surface area (Å²) in [4.78, 5) is 11.7. The van der Waals surface area contributed by atoms with Gasteiger partial charge in [-0.25, -0.2) is 9.97 Å². The average molecular weight is 246 g/mol. The molecule has 1 N–H and O–H groups in total. The number of hydrogen-bond donors (Lipinski definition) is 1. The molecule has 1 aliphatic carbocycles. The lowest BCUT2D eigenvalue weighted by atomic mass is 10.1. The van der Waals surface area contributed by atoms with Crippen molar-refractivity contribution < 1.29 is 0 Å². The highest BCUT2D eigenvalue weighted by Gasteiger charge is 2.38. The van der Waals surface area contributed by atoms with E-state index in [1.165, 1.54) is 25.8 Å². The van der Waals surface area contributed by atoms with Crippen molar-refractivity contribution in [3.05, 3.63) is 11.9 Å². The quantitative estimate of drug-likeness (QED) is 0.886. The van der Waals surface area contributed by atoms with Crippen LogP contribution in [-0.2, 0) is 6.42 Å². The summed E-state index contributed by atoms with van der Waals surface area (Å²) >= 11 is 0. The Kier molecular flexibility index (Phi) is 3.10. The zero-order valence-corrected chi connectivity index (χ0v) is 11.3. The number of hydrogen-bond acceptors (Lipinski definition) is 4. The summed E-state index contributed by atoms with van der Waals surface area (Å²) in [6.07, 6.45) is 5.01. The Labute approximate surface area is 109 Å². The molecule has 1 saturated heterocycles. The number of anilines is 2. The summed E-state index contributed by atoms with van der Waals surface area (Å²) in [6, 6.07) is 2.84. The lowest BCUT2D eigenvalue weighted by Crippen LogP contribution is -2.33. The van der Waals surface area contributed by atoms with Gasteiger partial charge >= 0.3 is 0 Å². The number of piperidine rings is 1. The maximum Gasteiger partial charge on any atom is 0.134 e. The van der Waals surface area contributed by atoms with E-state index < -0.39 is 0 Å². The van der Waals surface area contributed by atoms with Crippen molar-refractivity contribution in [3.8, 4) is 0 Å². The van der Waals surface area contributed by atoms with Gasteiger partial charge in [0.25, 0.3) is 0 Å². The van der Waals surface area contributed by atoms with Crippen molar-refractivity contribution in [2.75, 3.05) is 23.3 Å². The Morgan fingerprint density at radius 1 is 1.33 bits per heavy atom. The smallest absolute Gasteiger partial charge is 0.134 e. The van der Waals surface area contributed by atoms with E-state index in [4.69, 9.17) is 4.98 Å². The normalized spacial score (nSPS) is 25.8. The largest absolute Gasteiger partial charge is 0.370 e. The average Bonchev–Trinajstić information content (AvgIpc) is 3.01. The molecule has 2 heterocycles. The van der Waals surface area contributed by atoms with Gasteiger partial charge in [0.1, 0.15) is 17.5 Å². The second-order valence-electron chi connectivity index (χ2n) is 5.40. The second-order valence-corrected chi connectivity index (χ2v) is 5.40. The molecule has 2 aliphatic rings. The molecule has 4 heteroatoms. The molecule has 2 atom stereocenters. The molecule has 98 valence electrons. The molecular weight excluding hydrogens is 224 g/mol. The number of aromatic nitrogens is 2. The summed E-state index contributed by atoms with van der Waals surface area (Å²) in [7, 11) is 0. The van der Waals surface area contributed by atoms with Crippen molar-refractivity contribution in [3.63, 3.8) is 0 Å². The topological polar surface area (TPSA) is 41.0 Å². The van der Waals surface area contributed by atoms with Crippen LogP contribution in [0.4, 0.5) is 11.6 Å². The first-order chi connectivity index (χ1) is 8.80. The third-order valence-electron chi connectivity index (χ3n) is 4.14. The van der Waals surface area contributed by atoms with E-state index in [1.807, 2.05) is 0 Å². The molecule has 1 aromatic heterocycles. The van der Waals surface area contributed by atoms with Crippen LogP contribution in [0.3, 0.4) is 0 Å². The van der Waals surface area contributed by atoms with Gasteiger partial charge in [-0.2, -0.15) is 0 Å². The predicted molar refractivity (Wildman–Crippen MR) is 74.0 cm³/mol. The molecule has 0 spiro atoms. The van der Waals surface area contributed by atoms with Gasteiger partial charge in [0, 0.05) is 31.6 Å². The molecule has 0 radical (unpaired) electrons. The molecule has 1 saturated carbocycles. The molecule has 2 bridgehead atoms. The molecule has 1 aliphatic heterocycles. The summed E-state index contributed by atoms with van der Waals surface area (Å²) < 4.78 is 0. The third-order valence-corrected chi connectivity index (χ3v) is 4.14. The van der Waals surface area contributed by atoms with Gasteiger partial charge in [-0.15, -0.1) is 0 Å². The number of nitrogens with zero attached hydrogens (tertiary/aromatic N) is 3. The minimum absolute atomic E-state index is 0.726. The van der Waals surface area contributed by atoms with Crippen molar-refractivity contribution >= 4 is 11.6 Å². The molecule has 1 aromatic rings. The van der Waals surface area contributed by atoms with Crippen LogP contribution in [0.2, 0.25) is 0 Å². The zero-order chi connectivity index (χ0) is 12.5. The Hall–Kier alpha value is -1.32. The van der Waals surface area contributed by atoms with E-state index in [1.54, 1.807) is 0 Å². The van der Waals surface area contributed by atoms with Gasteiger partial charge in [-0.05, 0) is 32.1 Å². The minimum atomic E-state index is 0.726. The van der Waals surface area contributed by atoms with Crippen LogP contribution in [0.1, 0.15) is 38.9 Å². The van der Waals surface area contributed by atoms with Gasteiger partial charge in [0.05, 0.1) is 0 Å². The van der Waals surface area contributed by atoms with Gasteiger partial charge in [-0.3, -0.25) is 0 Å². The van der Waals surface area contributed by atoms with Gasteiger partial charge in [-0.1, -0.05) is 6.92 Å². The third kappa shape index (κ3) is 2.04. The van der Waals surface area contributed by atoms with Crippen molar-refractivity contribution in [1.82, 2.24) is 9.97 Å². The highest BCUT2D eigenvalue weighted by molar-refractivity contribution is 5.51. The van der Waals surface area contributed by atoms with Crippen LogP contribution >= 0.6 is 0 Å². The first kappa shape index (κ1) is 11.8. The van der Waals surface area contributed by atoms with Gasteiger partial charge < -0.3 is 10.2 Å². The van der Waals surface area contributed by atoms with E-state index in [-0.39, 0.29) is 0 Å². The number of nitrogens with one attached hydrogen (secondary N) is 1. The Balaban J connectivity index is 1.88. The lowest BCUT2D eigenvalue weighted by molar-refractivity contribution is 0.549. The standard InChI is InChI=1S/C14H22N4/c1-3-12-16-13(15-4-2)8-14(17-12)18-9-10-5-6-11(18)7-10/h8,10-11H,3-7,9H2,1-2H3,(H,15,16,17). The first-order valence-electron chi connectivity index (χ1n) is 7.18. The van der Waals surface area contributed by atoms with Crippen molar-refractivity contribution in [2.45, 2.75) is 45.6 Å². The van der Waals surface area contributed by atoms with E-state index in [2.05, 4.69) is 35.1 Å². The summed E-state index contributed by atoms with van der Waals surface area (Å²) in [5, 5.41) is 3.31. The molecule has 4 nitrogen and oxygen atoms in total. The predicted octanol–water partition coefficient (Wildman–Crippen LogP) is 2.46. The summed E-state index contributed by atoms with van der Waals surface area (Å²) in [5.74, 6) is 3.95. The second kappa shape index (κ2) is 4.75. The molecule has 2 fully saturated rings. The fourth-order valence-electron chi connectivity index (χ4n) is 3.27. The van der Waals surface area contributed by atoms with Crippen molar-refractivity contribution in [2.24, 2.45) is 5.92 Å². The Bertz CT molecular complexity index is 432. The van der Waals surface area contributed by atoms with Crippen LogP contribution in [-0.4, -0.2) is 29.1 Å². The maximum absolute atomic E-state index is 4.71. The highest BCUT2D eigenvalue weighted by Crippen LogP contribution is 2.39. The lowest BCUT2D eigenvalue weighted by Gasteiger charge is -2.28. The molecule has 18 heavy (non-hydrogen) atoms. The molecule has 0 aromatic carbocycles. The molecule has 2 unspecified atom stereocenters. The Morgan fingerprint density at radius 2 is 2.22 bits per heavy atom. The monoisotopic (exact) mass is 246 g/mol. The van der Waals surface area contributed by atoms with Crippen LogP contribution in [0.15, 0.2) is 6.07 Å². The van der Waals surface area contributed by atoms with Gasteiger partial charge in [0.15, 0.2) is 0 Å². The molecular formula is C14H22N4. The Morgan fingerprint density at radius 3 is 2.83 bits per heavy atom. The number of fused-ring (bicyclic) bond motifs is 2. The fourth-order valence-corrected chi connectivity index (χ4v) is 3.27. The maximum atomic E-state index is 4.71. The van der Waals surface area contributed by atoms with Crippen LogP contribution < -0.4 is 10.2 Å². The molecule has 3 rings (SSSR count). The van der Waals surface area contributed by atoms with Crippen LogP contribution in [0, 0.1) is 5.92 Å². The number of rotatable bonds is 4. The van der Waals surface area contributed by atoms with Crippen molar-refractivity contribution in [1.29, 1.82) is 0 Å². The van der Waals surface area contributed by atoms with Gasteiger partial charge in [0.2, 0.25) is 0 Å². The van der Waals surface area contributed by atoms with E-state index in [0.29, 0.717) is 0 Å². The van der Waals surface area contributed by atoms with Crippen LogP contribution in [0.5, 0.6) is 0 Å². The zero-order valence-electron chi connectivity index (χ0n) is 11.3. The molecule has 0 amide bonds. The highest BCUT2D eigenvalue weighted by atomic mass is 15.3. The van der Waals surface area contributed by atoms with E-state index >= 15 is 0 Å². The number of aryl methyl sites for hydroxylation is 1. The fraction of sp³-hybridized carbons (Fsp3) is 0.714. The first-order valence-corrected chi connectivity index (χ1v) is 7.18. The van der Waals surface area contributed by atoms with E-state index in [9.17, 15) is 0 Å². The summed E-state index contributed by atoms with van der Waals surface area (Å²) in [6.45, 7) is 6.32. The summed E-state index contributed by atoms with van der Waals surface area (Å²) in [5.41, 5.74) is 0. The SMILES string of the molecule is CCNc1cc(N2CC3CCC2C3)nc(CC)n1. The van der Waals surface area contributed by atoms with Crippen LogP contribution in [0.25, 0.3) is 0 Å². The van der Waals surface area contributed by atoms with E-state index in [0.717, 1.165) is 42.4 Å².